The number of aliphatic hydroxyl groups is 2. The Labute approximate surface area is 140 Å². The molecule has 5 nitrogen and oxygen atoms in total. The van der Waals surface area contributed by atoms with Gasteiger partial charge in [-0.1, -0.05) is 24.3 Å². The van der Waals surface area contributed by atoms with Crippen LogP contribution in [0, 0.1) is 5.92 Å². The van der Waals surface area contributed by atoms with Crippen LogP contribution in [-0.2, 0) is 0 Å². The van der Waals surface area contributed by atoms with Crippen molar-refractivity contribution < 1.29 is 10.2 Å². The highest BCUT2D eigenvalue weighted by atomic mass is 16.3. The molecule has 3 aliphatic heterocycles. The van der Waals surface area contributed by atoms with Crippen LogP contribution in [0.25, 0.3) is 10.9 Å². The minimum Gasteiger partial charge on any atom is -0.387 e. The molecule has 5 rings (SSSR count). The monoisotopic (exact) mass is 326 g/mol. The predicted octanol–water partition coefficient (Wildman–Crippen LogP) is 1.57. The largest absolute Gasteiger partial charge is 0.387 e. The second-order valence-electron chi connectivity index (χ2n) is 7.03. The Hall–Kier alpha value is -1.95. The molecule has 24 heavy (non-hydrogen) atoms. The second-order valence-corrected chi connectivity index (χ2v) is 7.03. The Morgan fingerprint density at radius 2 is 2.21 bits per heavy atom. The minimum absolute atomic E-state index is 0.0887. The van der Waals surface area contributed by atoms with Gasteiger partial charge in [-0.25, -0.2) is 0 Å². The number of aromatic nitrogens is 1. The summed E-state index contributed by atoms with van der Waals surface area (Å²) in [6.45, 7) is 5.11. The molecule has 5 atom stereocenters. The lowest BCUT2D eigenvalue weighted by Crippen LogP contribution is -2.63. The Bertz CT molecular complexity index is 846. The number of nitrogens with one attached hydrogen (secondary N) is 1. The molecule has 4 heterocycles. The summed E-state index contributed by atoms with van der Waals surface area (Å²) in [5, 5.41) is 22.6. The summed E-state index contributed by atoms with van der Waals surface area (Å²) in [5.74, 6) is 0.105. The molecule has 0 amide bonds. The zero-order chi connectivity index (χ0) is 16.9. The number of pyridine rings is 1. The van der Waals surface area contributed by atoms with E-state index in [1.54, 1.807) is 6.08 Å². The molecule has 5 unspecified atom stereocenters. The molecule has 5 heteroatoms. The van der Waals surface area contributed by atoms with E-state index in [1.807, 2.05) is 24.3 Å². The van der Waals surface area contributed by atoms with E-state index in [2.05, 4.69) is 16.5 Å². The number of hydrogen-bond donors (Lipinski definition) is 3. The Balaban J connectivity index is 1.72. The molecule has 2 bridgehead atoms. The average Bonchev–Trinajstić information content (AvgIpc) is 2.60. The van der Waals surface area contributed by atoms with Gasteiger partial charge >= 0.3 is 0 Å². The number of fused-ring (bicyclic) bond motifs is 4. The lowest BCUT2D eigenvalue weighted by atomic mass is 9.71. The van der Waals surface area contributed by atoms with E-state index in [1.165, 1.54) is 6.07 Å². The topological polar surface area (TPSA) is 76.6 Å². The first-order valence-corrected chi connectivity index (χ1v) is 8.42. The van der Waals surface area contributed by atoms with Crippen molar-refractivity contribution in [3.05, 3.63) is 58.9 Å². The molecule has 3 N–H and O–H groups in total. The van der Waals surface area contributed by atoms with E-state index >= 15 is 0 Å². The number of aromatic amines is 1. The number of H-pyrrole nitrogens is 1. The standard InChI is InChI=1S/C19H22N2O3/c1-2-19(24)11-21-8-7-12(19)9-16(21)18(23)14-10-17(22)20-15-6-4-3-5-13(14)15/h2-6,10,12,16,18,23-24H,1,7-9,11H2,(H,20,22). The molecular formula is C19H22N2O3. The maximum Gasteiger partial charge on any atom is 0.248 e. The summed E-state index contributed by atoms with van der Waals surface area (Å²) >= 11 is 0. The molecule has 0 radical (unpaired) electrons. The van der Waals surface area contributed by atoms with Crippen LogP contribution in [0.3, 0.4) is 0 Å². The van der Waals surface area contributed by atoms with E-state index in [0.717, 1.165) is 23.9 Å². The van der Waals surface area contributed by atoms with Crippen LogP contribution >= 0.6 is 0 Å². The van der Waals surface area contributed by atoms with Crippen LogP contribution < -0.4 is 5.56 Å². The van der Waals surface area contributed by atoms with E-state index in [0.29, 0.717) is 18.5 Å². The lowest BCUT2D eigenvalue weighted by molar-refractivity contribution is -0.127. The third-order valence-electron chi connectivity index (χ3n) is 5.74. The van der Waals surface area contributed by atoms with Gasteiger partial charge in [0.15, 0.2) is 0 Å². The molecule has 126 valence electrons. The van der Waals surface area contributed by atoms with Gasteiger partial charge in [-0.2, -0.15) is 0 Å². The van der Waals surface area contributed by atoms with Crippen LogP contribution in [0.5, 0.6) is 0 Å². The number of nitrogens with zero attached hydrogens (tertiary/aromatic N) is 1. The SMILES string of the molecule is C=CC1(O)CN2CCC1CC2C(O)c1cc(=O)[nH]c2ccccc12. The van der Waals surface area contributed by atoms with Crippen LogP contribution in [0.1, 0.15) is 24.5 Å². The molecule has 3 fully saturated rings. The van der Waals surface area contributed by atoms with Gasteiger partial charge in [0.25, 0.3) is 0 Å². The van der Waals surface area contributed by atoms with Gasteiger partial charge < -0.3 is 15.2 Å². The maximum absolute atomic E-state index is 12.0. The van der Waals surface area contributed by atoms with E-state index in [9.17, 15) is 15.0 Å². The normalized spacial score (nSPS) is 33.5. The summed E-state index contributed by atoms with van der Waals surface area (Å²) in [6, 6.07) is 8.94. The van der Waals surface area contributed by atoms with Gasteiger partial charge in [-0.3, -0.25) is 9.69 Å². The lowest BCUT2D eigenvalue weighted by Gasteiger charge is -2.54. The second kappa shape index (κ2) is 5.55. The third kappa shape index (κ3) is 2.32. The van der Waals surface area contributed by atoms with Crippen molar-refractivity contribution in [2.75, 3.05) is 13.1 Å². The van der Waals surface area contributed by atoms with Crippen molar-refractivity contribution in [2.45, 2.75) is 30.6 Å². The summed E-state index contributed by atoms with van der Waals surface area (Å²) in [6.07, 6.45) is 2.48. The third-order valence-corrected chi connectivity index (χ3v) is 5.74. The fraction of sp³-hybridized carbons (Fsp3) is 0.421. The Morgan fingerprint density at radius 1 is 1.42 bits per heavy atom. The van der Waals surface area contributed by atoms with Gasteiger partial charge in [0.1, 0.15) is 0 Å². The van der Waals surface area contributed by atoms with Gasteiger partial charge in [-0.05, 0) is 36.9 Å². The molecule has 2 aromatic rings. The predicted molar refractivity (Wildman–Crippen MR) is 92.8 cm³/mol. The quantitative estimate of drug-likeness (QED) is 0.749. The summed E-state index contributed by atoms with van der Waals surface area (Å²) in [4.78, 5) is 16.9. The van der Waals surface area contributed by atoms with E-state index in [4.69, 9.17) is 0 Å². The van der Waals surface area contributed by atoms with Crippen molar-refractivity contribution in [1.29, 1.82) is 0 Å². The van der Waals surface area contributed by atoms with Crippen LogP contribution in [0.2, 0.25) is 0 Å². The molecule has 0 saturated carbocycles. The minimum atomic E-state index is -0.870. The smallest absolute Gasteiger partial charge is 0.248 e. The highest BCUT2D eigenvalue weighted by molar-refractivity contribution is 5.82. The van der Waals surface area contributed by atoms with Crippen molar-refractivity contribution >= 4 is 10.9 Å². The van der Waals surface area contributed by atoms with Crippen LogP contribution in [-0.4, -0.2) is 44.8 Å². The zero-order valence-electron chi connectivity index (χ0n) is 13.5. The number of rotatable bonds is 3. The number of benzene rings is 1. The molecule has 1 aromatic heterocycles. The first-order chi connectivity index (χ1) is 11.5. The highest BCUT2D eigenvalue weighted by Crippen LogP contribution is 2.43. The van der Waals surface area contributed by atoms with Crippen molar-refractivity contribution in [3.63, 3.8) is 0 Å². The number of piperidine rings is 3. The van der Waals surface area contributed by atoms with E-state index in [-0.39, 0.29) is 17.5 Å². The van der Waals surface area contributed by atoms with Crippen molar-refractivity contribution in [3.8, 4) is 0 Å². The molecular weight excluding hydrogens is 304 g/mol. The average molecular weight is 326 g/mol. The van der Waals surface area contributed by atoms with Gasteiger partial charge in [-0.15, -0.1) is 6.58 Å². The van der Waals surface area contributed by atoms with Gasteiger partial charge in [0, 0.05) is 29.6 Å². The maximum atomic E-state index is 12.0. The van der Waals surface area contributed by atoms with Gasteiger partial charge in [0.05, 0.1) is 11.7 Å². The Kier molecular flexibility index (Phi) is 3.60. The van der Waals surface area contributed by atoms with Crippen LogP contribution in [0.4, 0.5) is 0 Å². The summed E-state index contributed by atoms with van der Waals surface area (Å²) < 4.78 is 0. The van der Waals surface area contributed by atoms with Crippen LogP contribution in [0.15, 0.2) is 47.8 Å². The molecule has 3 aliphatic rings. The van der Waals surface area contributed by atoms with Crippen molar-refractivity contribution in [1.82, 2.24) is 9.88 Å². The first kappa shape index (κ1) is 15.6. The molecule has 0 aliphatic carbocycles. The molecule has 3 saturated heterocycles. The number of para-hydroxylation sites is 1. The van der Waals surface area contributed by atoms with Crippen molar-refractivity contribution in [2.24, 2.45) is 5.92 Å². The van der Waals surface area contributed by atoms with Gasteiger partial charge in [0.2, 0.25) is 5.56 Å². The molecule has 0 spiro atoms. The molecule has 1 aromatic carbocycles. The first-order valence-electron chi connectivity index (χ1n) is 8.42. The summed E-state index contributed by atoms with van der Waals surface area (Å²) in [5.41, 5.74) is 0.318. The zero-order valence-corrected chi connectivity index (χ0v) is 13.5. The number of hydrogen-bond acceptors (Lipinski definition) is 4. The summed E-state index contributed by atoms with van der Waals surface area (Å²) in [7, 11) is 0. The van der Waals surface area contributed by atoms with E-state index < -0.39 is 11.7 Å². The fourth-order valence-corrected chi connectivity index (χ4v) is 4.39. The fourth-order valence-electron chi connectivity index (χ4n) is 4.39. The number of aliphatic hydroxyl groups excluding tert-OH is 1. The Morgan fingerprint density at radius 3 is 2.92 bits per heavy atom. The highest BCUT2D eigenvalue weighted by Gasteiger charge is 2.49.